The Hall–Kier alpha value is -5.18. The number of carboxylic acid groups (broad SMARTS) is 1. The Morgan fingerprint density at radius 2 is 1.70 bits per heavy atom. The smallest absolute Gasteiger partial charge is 0.335 e. The number of rotatable bonds is 6. The number of phenolic OH excluding ortho intramolecular Hbond substituents is 1. The van der Waals surface area contributed by atoms with Crippen LogP contribution in [0, 0.1) is 5.82 Å². The van der Waals surface area contributed by atoms with Crippen molar-refractivity contribution in [3.8, 4) is 33.8 Å². The highest BCUT2D eigenvalue weighted by molar-refractivity contribution is 6.54. The lowest BCUT2D eigenvalue weighted by Crippen LogP contribution is -2.15. The van der Waals surface area contributed by atoms with Gasteiger partial charge < -0.3 is 20.3 Å². The molecule has 9 heteroatoms. The average Bonchev–Trinajstić information content (AvgIpc) is 3.22. The van der Waals surface area contributed by atoms with Crippen LogP contribution < -0.4 is 15.5 Å². The first-order valence-electron chi connectivity index (χ1n) is 11.1. The van der Waals surface area contributed by atoms with E-state index in [9.17, 15) is 24.2 Å². The molecule has 1 aliphatic rings. The minimum absolute atomic E-state index is 0.0893. The molecule has 0 saturated carbocycles. The van der Waals surface area contributed by atoms with Crippen molar-refractivity contribution in [1.82, 2.24) is 0 Å². The minimum atomic E-state index is -1.08. The van der Waals surface area contributed by atoms with Crippen LogP contribution in [-0.4, -0.2) is 34.9 Å². The van der Waals surface area contributed by atoms with Crippen LogP contribution in [0.4, 0.5) is 15.8 Å². The van der Waals surface area contributed by atoms with Crippen molar-refractivity contribution >= 4 is 29.0 Å². The lowest BCUT2D eigenvalue weighted by atomic mass is 10.0. The third kappa shape index (κ3) is 4.45. The molecule has 0 fully saturated rings. The normalized spacial score (nSPS) is 13.2. The molecule has 0 bridgehead atoms. The molecule has 0 aliphatic carbocycles. The van der Waals surface area contributed by atoms with Crippen molar-refractivity contribution in [2.75, 3.05) is 17.9 Å². The lowest BCUT2D eigenvalue weighted by molar-refractivity contribution is -0.110. The fourth-order valence-corrected chi connectivity index (χ4v) is 4.10. The summed E-state index contributed by atoms with van der Waals surface area (Å²) in [4.78, 5) is 23.9. The maximum Gasteiger partial charge on any atom is 0.335 e. The summed E-state index contributed by atoms with van der Waals surface area (Å²) in [7, 11) is 1.39. The van der Waals surface area contributed by atoms with Crippen LogP contribution in [-0.2, 0) is 4.79 Å². The largest absolute Gasteiger partial charge is 0.505 e. The van der Waals surface area contributed by atoms with E-state index < -0.39 is 17.7 Å². The monoisotopic (exact) mass is 497 g/mol. The van der Waals surface area contributed by atoms with Gasteiger partial charge in [-0.25, -0.2) is 9.18 Å². The van der Waals surface area contributed by atoms with Crippen molar-refractivity contribution in [3.05, 3.63) is 95.8 Å². The number of fused-ring (bicyclic) bond motifs is 1. The molecule has 184 valence electrons. The topological polar surface area (TPSA) is 120 Å². The Morgan fingerprint density at radius 3 is 2.46 bits per heavy atom. The molecular weight excluding hydrogens is 477 g/mol. The number of nitrogens with one attached hydrogen (secondary N) is 2. The molecule has 8 nitrogen and oxygen atoms in total. The highest BCUT2D eigenvalue weighted by Crippen LogP contribution is 2.36. The number of hydrazone groups is 1. The molecule has 0 unspecified atom stereocenters. The lowest BCUT2D eigenvalue weighted by Gasteiger charge is -2.10. The first kappa shape index (κ1) is 23.6. The Balaban J connectivity index is 1.43. The summed E-state index contributed by atoms with van der Waals surface area (Å²) < 4.78 is 19.1. The van der Waals surface area contributed by atoms with Gasteiger partial charge in [-0.2, -0.15) is 5.10 Å². The minimum Gasteiger partial charge on any atom is -0.505 e. The predicted octanol–water partition coefficient (Wildman–Crippen LogP) is 5.34. The average molecular weight is 497 g/mol. The van der Waals surface area contributed by atoms with Gasteiger partial charge in [-0.15, -0.1) is 0 Å². The van der Waals surface area contributed by atoms with Crippen molar-refractivity contribution in [3.63, 3.8) is 0 Å². The van der Waals surface area contributed by atoms with Crippen molar-refractivity contribution in [2.45, 2.75) is 0 Å². The van der Waals surface area contributed by atoms with Crippen LogP contribution in [0.3, 0.4) is 0 Å². The third-order valence-electron chi connectivity index (χ3n) is 5.97. The molecule has 1 aliphatic heterocycles. The number of phenols is 1. The highest BCUT2D eigenvalue weighted by Gasteiger charge is 2.27. The first-order chi connectivity index (χ1) is 17.9. The number of aromatic carboxylic acids is 1. The molecule has 5 rings (SSSR count). The van der Waals surface area contributed by atoms with Crippen LogP contribution in [0.15, 0.2) is 84.0 Å². The van der Waals surface area contributed by atoms with E-state index >= 15 is 0 Å². The van der Waals surface area contributed by atoms with Gasteiger partial charge >= 0.3 is 5.97 Å². The maximum atomic E-state index is 14.2. The number of benzene rings is 4. The highest BCUT2D eigenvalue weighted by atomic mass is 19.1. The Labute approximate surface area is 210 Å². The van der Waals surface area contributed by atoms with E-state index in [0.717, 1.165) is 0 Å². The number of halogens is 1. The zero-order chi connectivity index (χ0) is 26.1. The van der Waals surface area contributed by atoms with Crippen molar-refractivity contribution in [1.29, 1.82) is 0 Å². The number of aromatic hydroxyl groups is 1. The van der Waals surface area contributed by atoms with Gasteiger partial charge in [0.1, 0.15) is 5.75 Å². The molecule has 37 heavy (non-hydrogen) atoms. The molecule has 0 saturated heterocycles. The van der Waals surface area contributed by atoms with Gasteiger partial charge in [0.25, 0.3) is 5.91 Å². The summed E-state index contributed by atoms with van der Waals surface area (Å²) in [5.74, 6) is -2.02. The molecule has 0 aromatic heterocycles. The van der Waals surface area contributed by atoms with E-state index in [-0.39, 0.29) is 28.5 Å². The standard InChI is InChI=1S/C28H20FN3O5/c1-37-24-11-9-15(13-21(24)29)16-8-10-20-23(14-16)30-27(34)25(20)32-31-22-7-3-6-19(26(22)33)17-4-2-5-18(12-17)28(35)36/h2-14,31,33H,1H3,(H,35,36)(H,30,32,34). The Morgan fingerprint density at radius 1 is 0.946 bits per heavy atom. The van der Waals surface area contributed by atoms with Crippen LogP contribution in [0.1, 0.15) is 15.9 Å². The maximum absolute atomic E-state index is 14.2. The Bertz CT molecular complexity index is 1600. The second kappa shape index (κ2) is 9.46. The number of ether oxygens (including phenoxy) is 1. The number of carbonyl (C=O) groups excluding carboxylic acids is 1. The van der Waals surface area contributed by atoms with E-state index in [4.69, 9.17) is 4.74 Å². The SMILES string of the molecule is COc1ccc(-c2ccc3c(c2)NC(=O)C3=NNc2cccc(-c3cccc(C(=O)O)c3)c2O)cc1F. The van der Waals surface area contributed by atoms with Gasteiger partial charge in [0, 0.05) is 11.1 Å². The van der Waals surface area contributed by atoms with Crippen LogP contribution in [0.5, 0.6) is 11.5 Å². The van der Waals surface area contributed by atoms with E-state index in [1.54, 1.807) is 54.6 Å². The summed E-state index contributed by atoms with van der Waals surface area (Å²) in [5.41, 5.74) is 6.46. The fraction of sp³-hybridized carbons (Fsp3) is 0.0357. The predicted molar refractivity (Wildman–Crippen MR) is 138 cm³/mol. The van der Waals surface area contributed by atoms with Gasteiger partial charge in [-0.3, -0.25) is 10.2 Å². The van der Waals surface area contributed by atoms with Crippen LogP contribution in [0.25, 0.3) is 22.3 Å². The second-order valence-corrected chi connectivity index (χ2v) is 8.22. The molecule has 0 spiro atoms. The number of anilines is 2. The number of hydrogen-bond donors (Lipinski definition) is 4. The number of carboxylic acids is 1. The van der Waals surface area contributed by atoms with Crippen molar-refractivity contribution in [2.24, 2.45) is 5.10 Å². The molecule has 0 atom stereocenters. The van der Waals surface area contributed by atoms with Crippen LogP contribution in [0.2, 0.25) is 0 Å². The molecule has 0 radical (unpaired) electrons. The zero-order valence-electron chi connectivity index (χ0n) is 19.4. The molecule has 4 aromatic carbocycles. The third-order valence-corrected chi connectivity index (χ3v) is 5.97. The molecule has 4 aromatic rings. The van der Waals surface area contributed by atoms with Gasteiger partial charge in [0.15, 0.2) is 17.3 Å². The molecule has 4 N–H and O–H groups in total. The van der Waals surface area contributed by atoms with Gasteiger partial charge in [-0.05, 0) is 59.2 Å². The van der Waals surface area contributed by atoms with E-state index in [1.165, 1.54) is 31.4 Å². The molecular formula is C28H20FN3O5. The molecule has 1 amide bonds. The van der Waals surface area contributed by atoms with E-state index in [0.29, 0.717) is 33.5 Å². The van der Waals surface area contributed by atoms with Gasteiger partial charge in [0.05, 0.1) is 24.0 Å². The number of amides is 1. The number of hydrogen-bond acceptors (Lipinski definition) is 6. The summed E-state index contributed by atoms with van der Waals surface area (Å²) in [5, 5.41) is 27.0. The van der Waals surface area contributed by atoms with E-state index in [1.807, 2.05) is 0 Å². The summed E-state index contributed by atoms with van der Waals surface area (Å²) in [6.07, 6.45) is 0. The number of methoxy groups -OCH3 is 1. The summed E-state index contributed by atoms with van der Waals surface area (Å²) in [6, 6.07) is 20.9. The summed E-state index contributed by atoms with van der Waals surface area (Å²) in [6.45, 7) is 0. The van der Waals surface area contributed by atoms with Gasteiger partial charge in [-0.1, -0.05) is 36.4 Å². The Kier molecular flexibility index (Phi) is 6.02. The number of carbonyl (C=O) groups is 2. The zero-order valence-corrected chi connectivity index (χ0v) is 19.4. The van der Waals surface area contributed by atoms with Crippen molar-refractivity contribution < 1.29 is 28.9 Å². The van der Waals surface area contributed by atoms with Gasteiger partial charge in [0.2, 0.25) is 0 Å². The fourth-order valence-electron chi connectivity index (χ4n) is 4.10. The summed E-state index contributed by atoms with van der Waals surface area (Å²) >= 11 is 0. The molecule has 1 heterocycles. The first-order valence-corrected chi connectivity index (χ1v) is 11.1. The number of nitrogens with zero attached hydrogens (tertiary/aromatic N) is 1. The second-order valence-electron chi connectivity index (χ2n) is 8.22. The van der Waals surface area contributed by atoms with Crippen LogP contribution >= 0.6 is 0 Å². The number of para-hydroxylation sites is 1. The van der Waals surface area contributed by atoms with E-state index in [2.05, 4.69) is 15.8 Å². The quantitative estimate of drug-likeness (QED) is 0.211.